The second-order valence-corrected chi connectivity index (χ2v) is 4.80. The number of rotatable bonds is 1. The Labute approximate surface area is 127 Å². The molecule has 1 aliphatic rings. The molecule has 4 heteroatoms. The molecule has 0 aliphatic heterocycles. The minimum atomic E-state index is -0.981. The second kappa shape index (κ2) is 6.18. The van der Waals surface area contributed by atoms with Gasteiger partial charge in [-0.15, -0.1) is 0 Å². The maximum atomic E-state index is 12.3. The van der Waals surface area contributed by atoms with Crippen LogP contribution >= 0.6 is 0 Å². The molecule has 2 aromatic rings. The summed E-state index contributed by atoms with van der Waals surface area (Å²) in [5, 5.41) is 7.60. The van der Waals surface area contributed by atoms with Gasteiger partial charge in [-0.1, -0.05) is 48.5 Å². The summed E-state index contributed by atoms with van der Waals surface area (Å²) < 4.78 is 0. The van der Waals surface area contributed by atoms with Crippen LogP contribution in [0.2, 0.25) is 0 Å². The Morgan fingerprint density at radius 3 is 1.91 bits per heavy atom. The van der Waals surface area contributed by atoms with Gasteiger partial charge in [0.2, 0.25) is 0 Å². The Kier molecular flexibility index (Phi) is 4.32. The maximum absolute atomic E-state index is 12.3. The van der Waals surface area contributed by atoms with Gasteiger partial charge in [0, 0.05) is 28.3 Å². The number of aryl methyl sites for hydroxylation is 1. The molecule has 4 nitrogen and oxygen atoms in total. The largest absolute Gasteiger partial charge is 0.478 e. The Bertz CT molecular complexity index is 787. The average molecular weight is 294 g/mol. The van der Waals surface area contributed by atoms with Crippen LogP contribution in [0.1, 0.15) is 37.4 Å². The molecule has 0 fully saturated rings. The molecule has 0 aromatic heterocycles. The van der Waals surface area contributed by atoms with Gasteiger partial charge < -0.3 is 5.11 Å². The Morgan fingerprint density at radius 2 is 1.41 bits per heavy atom. The first-order valence-electron chi connectivity index (χ1n) is 6.60. The molecule has 0 atom stereocenters. The highest BCUT2D eigenvalue weighted by molar-refractivity contribution is 6.28. The average Bonchev–Trinajstić information content (AvgIpc) is 2.53. The number of carboxylic acids is 1. The molecule has 1 N–H and O–H groups in total. The highest BCUT2D eigenvalue weighted by Gasteiger charge is 2.28. The van der Waals surface area contributed by atoms with E-state index >= 15 is 0 Å². The zero-order chi connectivity index (χ0) is 16.3. The third kappa shape index (κ3) is 2.86. The van der Waals surface area contributed by atoms with Crippen LogP contribution in [0.3, 0.4) is 0 Å². The van der Waals surface area contributed by atoms with Crippen molar-refractivity contribution in [3.63, 3.8) is 0 Å². The molecule has 110 valence electrons. The molecular formula is C18H14O4. The number of hydrogen-bond donors (Lipinski definition) is 1. The van der Waals surface area contributed by atoms with Gasteiger partial charge in [0.15, 0.2) is 11.6 Å². The predicted molar refractivity (Wildman–Crippen MR) is 82.3 cm³/mol. The number of hydrogen-bond acceptors (Lipinski definition) is 3. The van der Waals surface area contributed by atoms with Crippen molar-refractivity contribution >= 4 is 17.5 Å². The van der Waals surface area contributed by atoms with Gasteiger partial charge in [-0.3, -0.25) is 9.59 Å². The molecule has 0 bridgehead atoms. The van der Waals surface area contributed by atoms with Crippen molar-refractivity contribution < 1.29 is 19.5 Å². The maximum Gasteiger partial charge on any atom is 0.327 e. The number of carboxylic acid groups (broad SMARTS) is 1. The molecule has 2 aromatic carbocycles. The lowest BCUT2D eigenvalue weighted by Gasteiger charge is -2.17. The number of carbonyl (C=O) groups excluding carboxylic acids is 2. The third-order valence-corrected chi connectivity index (χ3v) is 3.26. The summed E-state index contributed by atoms with van der Waals surface area (Å²) in [5.41, 5.74) is 3.04. The fourth-order valence-corrected chi connectivity index (χ4v) is 2.21. The highest BCUT2D eigenvalue weighted by atomic mass is 16.4. The van der Waals surface area contributed by atoms with Gasteiger partial charge in [0.1, 0.15) is 0 Å². The Balaban J connectivity index is 0.000000309. The zero-order valence-electron chi connectivity index (χ0n) is 12.0. The van der Waals surface area contributed by atoms with Crippen molar-refractivity contribution in [1.82, 2.24) is 0 Å². The molecule has 0 radical (unpaired) electrons. The zero-order valence-corrected chi connectivity index (χ0v) is 12.0. The quantitative estimate of drug-likeness (QED) is 0.700. The first-order valence-corrected chi connectivity index (χ1v) is 6.60. The summed E-state index contributed by atoms with van der Waals surface area (Å²) in [6.07, 6.45) is 0.833. The molecule has 1 aliphatic carbocycles. The number of carbonyl (C=O) groups is 3. The summed E-state index contributed by atoms with van der Waals surface area (Å²) >= 11 is 0. The van der Waals surface area contributed by atoms with Crippen LogP contribution in [0, 0.1) is 6.92 Å². The van der Waals surface area contributed by atoms with E-state index in [-0.39, 0.29) is 11.6 Å². The van der Waals surface area contributed by atoms with E-state index in [1.54, 1.807) is 36.4 Å². The molecular weight excluding hydrogens is 280 g/mol. The van der Waals surface area contributed by atoms with Gasteiger partial charge in [-0.25, -0.2) is 4.79 Å². The lowest BCUT2D eigenvalue weighted by Crippen LogP contribution is -2.20. The first-order chi connectivity index (χ1) is 10.5. The summed E-state index contributed by atoms with van der Waals surface area (Å²) in [6.45, 7) is 4.88. The van der Waals surface area contributed by atoms with Crippen LogP contribution in [0.15, 0.2) is 55.1 Å². The molecule has 0 saturated carbocycles. The Morgan fingerprint density at radius 1 is 0.955 bits per heavy atom. The lowest BCUT2D eigenvalue weighted by atomic mass is 9.83. The van der Waals surface area contributed by atoms with Crippen molar-refractivity contribution in [1.29, 1.82) is 0 Å². The van der Waals surface area contributed by atoms with Crippen molar-refractivity contribution in [2.75, 3.05) is 0 Å². The van der Waals surface area contributed by atoms with Crippen LogP contribution in [0.4, 0.5) is 0 Å². The second-order valence-electron chi connectivity index (χ2n) is 4.80. The lowest BCUT2D eigenvalue weighted by molar-refractivity contribution is -0.131. The fraction of sp³-hybridized carbons (Fsp3) is 0.0556. The molecule has 22 heavy (non-hydrogen) atoms. The summed E-state index contributed by atoms with van der Waals surface area (Å²) in [4.78, 5) is 33.7. The van der Waals surface area contributed by atoms with Crippen LogP contribution in [-0.2, 0) is 4.79 Å². The number of aliphatic carboxylic acids is 1. The van der Waals surface area contributed by atoms with Crippen molar-refractivity contribution in [2.45, 2.75) is 6.92 Å². The van der Waals surface area contributed by atoms with E-state index < -0.39 is 5.97 Å². The number of fused-ring (bicyclic) bond motifs is 2. The van der Waals surface area contributed by atoms with E-state index in [0.717, 1.165) is 11.6 Å². The number of ketones is 2. The van der Waals surface area contributed by atoms with Gasteiger partial charge in [-0.2, -0.15) is 0 Å². The van der Waals surface area contributed by atoms with Crippen LogP contribution < -0.4 is 0 Å². The van der Waals surface area contributed by atoms with E-state index in [1.165, 1.54) is 0 Å². The normalized spacial score (nSPS) is 11.7. The molecule has 0 amide bonds. The van der Waals surface area contributed by atoms with E-state index in [0.29, 0.717) is 22.3 Å². The smallest absolute Gasteiger partial charge is 0.327 e. The predicted octanol–water partition coefficient (Wildman–Crippen LogP) is 3.03. The monoisotopic (exact) mass is 294 g/mol. The summed E-state index contributed by atoms with van der Waals surface area (Å²) in [5.74, 6) is -1.10. The van der Waals surface area contributed by atoms with E-state index in [1.807, 2.05) is 13.0 Å². The van der Waals surface area contributed by atoms with Crippen LogP contribution in [-0.4, -0.2) is 22.6 Å². The molecule has 3 rings (SSSR count). The minimum Gasteiger partial charge on any atom is -0.478 e. The molecule has 0 unspecified atom stereocenters. The number of benzene rings is 2. The van der Waals surface area contributed by atoms with E-state index in [2.05, 4.69) is 6.58 Å². The van der Waals surface area contributed by atoms with Crippen molar-refractivity contribution in [3.05, 3.63) is 82.9 Å². The van der Waals surface area contributed by atoms with E-state index in [9.17, 15) is 14.4 Å². The van der Waals surface area contributed by atoms with Gasteiger partial charge in [0.05, 0.1) is 0 Å². The molecule has 0 saturated heterocycles. The van der Waals surface area contributed by atoms with E-state index in [4.69, 9.17) is 5.11 Å². The van der Waals surface area contributed by atoms with Crippen LogP contribution in [0.25, 0.3) is 0 Å². The Hall–Kier alpha value is -3.01. The first kappa shape index (κ1) is 15.4. The SMILES string of the molecule is C=CC(=O)O.Cc1ccc2c(c1)C(=O)c1ccccc1C2=O. The topological polar surface area (TPSA) is 71.4 Å². The highest BCUT2D eigenvalue weighted by Crippen LogP contribution is 2.27. The summed E-state index contributed by atoms with van der Waals surface area (Å²) in [6, 6.07) is 12.4. The van der Waals surface area contributed by atoms with Crippen molar-refractivity contribution in [2.24, 2.45) is 0 Å². The molecule has 0 spiro atoms. The standard InChI is InChI=1S/C15H10O2.C3H4O2/c1-9-6-7-12-13(8-9)15(17)11-5-3-2-4-10(11)14(12)16;1-2-3(4)5/h2-8H,1H3;2H,1H2,(H,4,5). The van der Waals surface area contributed by atoms with Gasteiger partial charge in [0.25, 0.3) is 0 Å². The third-order valence-electron chi connectivity index (χ3n) is 3.26. The van der Waals surface area contributed by atoms with Crippen molar-refractivity contribution in [3.8, 4) is 0 Å². The summed E-state index contributed by atoms with van der Waals surface area (Å²) in [7, 11) is 0. The van der Waals surface area contributed by atoms with Gasteiger partial charge in [-0.05, 0) is 13.0 Å². The molecule has 0 heterocycles. The minimum absolute atomic E-state index is 0.0566. The van der Waals surface area contributed by atoms with Crippen LogP contribution in [0.5, 0.6) is 0 Å². The van der Waals surface area contributed by atoms with Gasteiger partial charge >= 0.3 is 5.97 Å². The fourth-order valence-electron chi connectivity index (χ4n) is 2.21.